The Balaban J connectivity index is 2.14. The molecule has 1 atom stereocenters. The minimum absolute atomic E-state index is 0.506. The lowest BCUT2D eigenvalue weighted by Gasteiger charge is -2.10. The van der Waals surface area contributed by atoms with Crippen molar-refractivity contribution in [1.82, 2.24) is 5.32 Å². The Kier molecular flexibility index (Phi) is 5.49. The van der Waals surface area contributed by atoms with Crippen molar-refractivity contribution in [3.05, 3.63) is 29.8 Å². The van der Waals surface area contributed by atoms with Crippen molar-refractivity contribution >= 4 is 5.97 Å². The number of carboxylic acids is 1. The normalized spacial score (nSPS) is 12.1. The van der Waals surface area contributed by atoms with E-state index in [0.717, 1.165) is 12.2 Å². The predicted molar refractivity (Wildman–Crippen MR) is 66.4 cm³/mol. The van der Waals surface area contributed by atoms with Gasteiger partial charge in [-0.1, -0.05) is 12.1 Å². The number of carbonyl (C=O) groups is 1. The van der Waals surface area contributed by atoms with Gasteiger partial charge in [-0.25, -0.2) is 0 Å². The van der Waals surface area contributed by atoms with Crippen LogP contribution in [0.3, 0.4) is 0 Å². The van der Waals surface area contributed by atoms with E-state index in [0.29, 0.717) is 13.2 Å². The number of benzene rings is 1. The molecule has 1 aromatic carbocycles. The topological polar surface area (TPSA) is 58.6 Å². The van der Waals surface area contributed by atoms with Crippen molar-refractivity contribution in [3.8, 4) is 5.75 Å². The molecule has 0 aliphatic carbocycles. The molecule has 94 valence electrons. The van der Waals surface area contributed by atoms with E-state index in [1.165, 1.54) is 5.56 Å². The second-order valence-electron chi connectivity index (χ2n) is 4.03. The molecule has 2 N–H and O–H groups in total. The average Bonchev–Trinajstić information content (AvgIpc) is 2.28. The Labute approximate surface area is 102 Å². The van der Waals surface area contributed by atoms with Crippen LogP contribution in [0.2, 0.25) is 0 Å². The second kappa shape index (κ2) is 6.91. The highest BCUT2D eigenvalue weighted by Crippen LogP contribution is 2.12. The van der Waals surface area contributed by atoms with Gasteiger partial charge in [0.2, 0.25) is 0 Å². The molecule has 0 spiro atoms. The zero-order chi connectivity index (χ0) is 12.7. The summed E-state index contributed by atoms with van der Waals surface area (Å²) < 4.78 is 5.54. The number of rotatable bonds is 7. The third-order valence-electron chi connectivity index (χ3n) is 2.40. The summed E-state index contributed by atoms with van der Waals surface area (Å²) in [5.74, 6) is 0.0286. The molecule has 1 rings (SSSR count). The fourth-order valence-corrected chi connectivity index (χ4v) is 1.37. The van der Waals surface area contributed by atoms with Crippen LogP contribution in [0.15, 0.2) is 24.3 Å². The number of aliphatic carboxylic acids is 1. The molecule has 4 heteroatoms. The van der Waals surface area contributed by atoms with Crippen molar-refractivity contribution in [2.75, 3.05) is 13.2 Å². The fraction of sp³-hybridized carbons (Fsp3) is 0.462. The third-order valence-corrected chi connectivity index (χ3v) is 2.40. The van der Waals surface area contributed by atoms with E-state index in [9.17, 15) is 4.79 Å². The van der Waals surface area contributed by atoms with Crippen LogP contribution >= 0.6 is 0 Å². The minimum Gasteiger partial charge on any atom is -0.494 e. The Hall–Kier alpha value is -1.55. The number of hydrogen-bond acceptors (Lipinski definition) is 3. The summed E-state index contributed by atoms with van der Waals surface area (Å²) in [6, 6.07) is 7.36. The molecule has 0 aliphatic rings. The lowest BCUT2D eigenvalue weighted by molar-refractivity contribution is -0.139. The molecule has 4 nitrogen and oxygen atoms in total. The van der Waals surface area contributed by atoms with Crippen LogP contribution in [0, 0.1) is 6.92 Å². The smallest absolute Gasteiger partial charge is 0.320 e. The maximum Gasteiger partial charge on any atom is 0.320 e. The summed E-state index contributed by atoms with van der Waals surface area (Å²) in [6.45, 7) is 4.87. The van der Waals surface area contributed by atoms with Gasteiger partial charge >= 0.3 is 5.97 Å². The van der Waals surface area contributed by atoms with Crippen LogP contribution in [0.5, 0.6) is 5.75 Å². The highest BCUT2D eigenvalue weighted by Gasteiger charge is 2.08. The zero-order valence-corrected chi connectivity index (χ0v) is 10.3. The van der Waals surface area contributed by atoms with Crippen molar-refractivity contribution < 1.29 is 14.6 Å². The molecule has 0 fully saturated rings. The molecule has 0 saturated heterocycles. The summed E-state index contributed by atoms with van der Waals surface area (Å²) in [6.07, 6.45) is 0.783. The van der Waals surface area contributed by atoms with E-state index in [1.54, 1.807) is 6.92 Å². The van der Waals surface area contributed by atoms with E-state index in [-0.39, 0.29) is 0 Å². The maximum atomic E-state index is 10.5. The molecule has 17 heavy (non-hydrogen) atoms. The van der Waals surface area contributed by atoms with Crippen LogP contribution in [-0.4, -0.2) is 30.3 Å². The first kappa shape index (κ1) is 13.5. The lowest BCUT2D eigenvalue weighted by Crippen LogP contribution is -2.34. The van der Waals surface area contributed by atoms with Gasteiger partial charge in [0.15, 0.2) is 0 Å². The Bertz CT molecular complexity index is 365. The van der Waals surface area contributed by atoms with E-state index < -0.39 is 12.0 Å². The van der Waals surface area contributed by atoms with Gasteiger partial charge in [0, 0.05) is 0 Å². The molecule has 0 saturated carbocycles. The maximum absolute atomic E-state index is 10.5. The summed E-state index contributed by atoms with van der Waals surface area (Å²) >= 11 is 0. The monoisotopic (exact) mass is 237 g/mol. The molecule has 0 aliphatic heterocycles. The summed E-state index contributed by atoms with van der Waals surface area (Å²) in [4.78, 5) is 10.5. The molecule has 1 aromatic rings. The van der Waals surface area contributed by atoms with E-state index >= 15 is 0 Å². The van der Waals surface area contributed by atoms with Crippen molar-refractivity contribution in [1.29, 1.82) is 0 Å². The SMILES string of the molecule is Cc1cccc(OCCCNC(C)C(=O)O)c1. The van der Waals surface area contributed by atoms with Gasteiger partial charge < -0.3 is 15.2 Å². The second-order valence-corrected chi connectivity index (χ2v) is 4.03. The van der Waals surface area contributed by atoms with Gasteiger partial charge in [-0.2, -0.15) is 0 Å². The number of ether oxygens (including phenoxy) is 1. The van der Waals surface area contributed by atoms with Crippen LogP contribution < -0.4 is 10.1 Å². The average molecular weight is 237 g/mol. The van der Waals surface area contributed by atoms with Gasteiger partial charge in [0.1, 0.15) is 11.8 Å². The molecule has 0 radical (unpaired) electrons. The lowest BCUT2D eigenvalue weighted by atomic mass is 10.2. The molecular formula is C13H19NO3. The molecule has 0 amide bonds. The molecular weight excluding hydrogens is 218 g/mol. The minimum atomic E-state index is -0.829. The Morgan fingerprint density at radius 2 is 2.29 bits per heavy atom. The first-order chi connectivity index (χ1) is 8.09. The number of carboxylic acid groups (broad SMARTS) is 1. The zero-order valence-electron chi connectivity index (χ0n) is 10.3. The Morgan fingerprint density at radius 1 is 1.53 bits per heavy atom. The predicted octanol–water partition coefficient (Wildman–Crippen LogP) is 1.83. The molecule has 0 aromatic heterocycles. The highest BCUT2D eigenvalue weighted by molar-refractivity contribution is 5.72. The van der Waals surface area contributed by atoms with Crippen LogP contribution in [0.4, 0.5) is 0 Å². The van der Waals surface area contributed by atoms with E-state index in [1.807, 2.05) is 31.2 Å². The first-order valence-corrected chi connectivity index (χ1v) is 5.75. The van der Waals surface area contributed by atoms with E-state index in [4.69, 9.17) is 9.84 Å². The number of hydrogen-bond donors (Lipinski definition) is 2. The van der Waals surface area contributed by atoms with Gasteiger partial charge in [-0.05, 0) is 44.5 Å². The van der Waals surface area contributed by atoms with Crippen molar-refractivity contribution in [3.63, 3.8) is 0 Å². The van der Waals surface area contributed by atoms with Gasteiger partial charge in [-0.3, -0.25) is 4.79 Å². The summed E-state index contributed by atoms with van der Waals surface area (Å²) in [7, 11) is 0. The van der Waals surface area contributed by atoms with Crippen LogP contribution in [-0.2, 0) is 4.79 Å². The highest BCUT2D eigenvalue weighted by atomic mass is 16.5. The number of aryl methyl sites for hydroxylation is 1. The standard InChI is InChI=1S/C13H19NO3/c1-10-5-3-6-12(9-10)17-8-4-7-14-11(2)13(15)16/h3,5-6,9,11,14H,4,7-8H2,1-2H3,(H,15,16). The Morgan fingerprint density at radius 3 is 2.94 bits per heavy atom. The van der Waals surface area contributed by atoms with Crippen molar-refractivity contribution in [2.24, 2.45) is 0 Å². The summed E-state index contributed by atoms with van der Waals surface area (Å²) in [5.41, 5.74) is 1.17. The van der Waals surface area contributed by atoms with Gasteiger partial charge in [0.05, 0.1) is 6.61 Å². The van der Waals surface area contributed by atoms with Crippen molar-refractivity contribution in [2.45, 2.75) is 26.3 Å². The van der Waals surface area contributed by atoms with E-state index in [2.05, 4.69) is 5.32 Å². The largest absolute Gasteiger partial charge is 0.494 e. The quantitative estimate of drug-likeness (QED) is 0.710. The molecule has 1 unspecified atom stereocenters. The first-order valence-electron chi connectivity index (χ1n) is 5.75. The van der Waals surface area contributed by atoms with Gasteiger partial charge in [-0.15, -0.1) is 0 Å². The number of nitrogens with one attached hydrogen (secondary N) is 1. The molecule has 0 heterocycles. The van der Waals surface area contributed by atoms with Crippen LogP contribution in [0.25, 0.3) is 0 Å². The third kappa shape index (κ3) is 5.36. The molecule has 0 bridgehead atoms. The fourth-order valence-electron chi connectivity index (χ4n) is 1.37. The summed E-state index contributed by atoms with van der Waals surface area (Å²) in [5, 5.41) is 11.6. The van der Waals surface area contributed by atoms with Crippen LogP contribution in [0.1, 0.15) is 18.9 Å². The van der Waals surface area contributed by atoms with Gasteiger partial charge in [0.25, 0.3) is 0 Å².